The smallest absolute Gasteiger partial charge is 0.306 e. The number of aromatic nitrogens is 1. The van der Waals surface area contributed by atoms with Crippen LogP contribution in [0.25, 0.3) is 10.2 Å². The second-order valence-electron chi connectivity index (χ2n) is 6.08. The fourth-order valence-corrected chi connectivity index (χ4v) is 3.74. The zero-order valence-electron chi connectivity index (χ0n) is 15.8. The molecule has 0 bridgehead atoms. The number of fused-ring (bicyclic) bond motifs is 1. The van der Waals surface area contributed by atoms with Crippen LogP contribution in [0.3, 0.4) is 0 Å². The molecule has 1 aromatic heterocycles. The van der Waals surface area contributed by atoms with Crippen LogP contribution >= 0.6 is 11.3 Å². The molecule has 2 aromatic carbocycles. The Bertz CT molecular complexity index is 949. The Morgan fingerprint density at radius 1 is 1.07 bits per heavy atom. The van der Waals surface area contributed by atoms with E-state index in [0.29, 0.717) is 29.9 Å². The predicted molar refractivity (Wildman–Crippen MR) is 107 cm³/mol. The summed E-state index contributed by atoms with van der Waals surface area (Å²) < 4.78 is 16.6. The monoisotopic (exact) mass is 399 g/mol. The van der Waals surface area contributed by atoms with Gasteiger partial charge in [0.25, 0.3) is 0 Å². The molecule has 0 saturated carbocycles. The average molecular weight is 399 g/mol. The third-order valence-corrected chi connectivity index (χ3v) is 5.28. The van der Waals surface area contributed by atoms with Crippen LogP contribution in [-0.4, -0.2) is 37.6 Å². The van der Waals surface area contributed by atoms with Crippen molar-refractivity contribution < 1.29 is 23.8 Å². The first kappa shape index (κ1) is 19.8. The van der Waals surface area contributed by atoms with Gasteiger partial charge in [-0.25, -0.2) is 4.98 Å². The van der Waals surface area contributed by atoms with Crippen molar-refractivity contribution >= 4 is 33.3 Å². The molecule has 0 unspecified atom stereocenters. The van der Waals surface area contributed by atoms with E-state index in [0.717, 1.165) is 15.2 Å². The standard InChI is InChI=1S/C21H21NO5S/c1-25-14-10-11-15(18(12-14)26-2)17(23)13-27-21(24)9-5-8-20-22-16-6-3-4-7-19(16)28-20/h3-4,6-7,10-12H,5,8-9,13H2,1-2H3. The number of aryl methyl sites for hydroxylation is 1. The third kappa shape index (κ3) is 4.86. The van der Waals surface area contributed by atoms with Gasteiger partial charge in [0.1, 0.15) is 11.5 Å². The molecule has 7 heteroatoms. The van der Waals surface area contributed by atoms with Crippen molar-refractivity contribution in [1.82, 2.24) is 4.98 Å². The van der Waals surface area contributed by atoms with Crippen LogP contribution in [-0.2, 0) is 16.0 Å². The molecule has 0 atom stereocenters. The van der Waals surface area contributed by atoms with Crippen LogP contribution < -0.4 is 9.47 Å². The van der Waals surface area contributed by atoms with E-state index in [1.54, 1.807) is 29.5 Å². The Labute approximate surface area is 167 Å². The fourth-order valence-electron chi connectivity index (χ4n) is 2.74. The number of nitrogens with zero attached hydrogens (tertiary/aromatic N) is 1. The van der Waals surface area contributed by atoms with E-state index < -0.39 is 5.97 Å². The van der Waals surface area contributed by atoms with Crippen LogP contribution in [0.15, 0.2) is 42.5 Å². The highest BCUT2D eigenvalue weighted by Gasteiger charge is 2.15. The van der Waals surface area contributed by atoms with Crippen LogP contribution in [0, 0.1) is 0 Å². The van der Waals surface area contributed by atoms with E-state index >= 15 is 0 Å². The summed E-state index contributed by atoms with van der Waals surface area (Å²) in [4.78, 5) is 28.8. The van der Waals surface area contributed by atoms with Gasteiger partial charge in [-0.2, -0.15) is 0 Å². The summed E-state index contributed by atoms with van der Waals surface area (Å²) in [6, 6.07) is 12.8. The summed E-state index contributed by atoms with van der Waals surface area (Å²) in [7, 11) is 3.01. The lowest BCUT2D eigenvalue weighted by molar-refractivity contribution is -0.142. The zero-order valence-corrected chi connectivity index (χ0v) is 16.6. The van der Waals surface area contributed by atoms with Crippen molar-refractivity contribution in [3.8, 4) is 11.5 Å². The van der Waals surface area contributed by atoms with Gasteiger partial charge in [0, 0.05) is 12.5 Å². The van der Waals surface area contributed by atoms with E-state index in [9.17, 15) is 9.59 Å². The van der Waals surface area contributed by atoms with Gasteiger partial charge < -0.3 is 14.2 Å². The maximum Gasteiger partial charge on any atom is 0.306 e. The number of esters is 1. The molecule has 0 spiro atoms. The zero-order chi connectivity index (χ0) is 19.9. The normalized spacial score (nSPS) is 10.6. The topological polar surface area (TPSA) is 74.7 Å². The summed E-state index contributed by atoms with van der Waals surface area (Å²) in [5.74, 6) is 0.248. The number of hydrogen-bond acceptors (Lipinski definition) is 7. The Hall–Kier alpha value is -2.93. The van der Waals surface area contributed by atoms with Gasteiger partial charge in [0.2, 0.25) is 5.78 Å². The number of thiazole rings is 1. The minimum Gasteiger partial charge on any atom is -0.497 e. The number of rotatable bonds is 9. The number of benzene rings is 2. The molecule has 28 heavy (non-hydrogen) atoms. The molecule has 1 heterocycles. The van der Waals surface area contributed by atoms with Crippen molar-refractivity contribution in [2.45, 2.75) is 19.3 Å². The van der Waals surface area contributed by atoms with Crippen LogP contribution in [0.2, 0.25) is 0 Å². The van der Waals surface area contributed by atoms with E-state index in [2.05, 4.69) is 4.98 Å². The lowest BCUT2D eigenvalue weighted by Crippen LogP contribution is -2.15. The molecule has 0 fully saturated rings. The Morgan fingerprint density at radius 2 is 1.89 bits per heavy atom. The summed E-state index contributed by atoms with van der Waals surface area (Å²) in [5, 5.41) is 0.994. The number of methoxy groups -OCH3 is 2. The van der Waals surface area contributed by atoms with Gasteiger partial charge >= 0.3 is 5.97 Å². The number of ether oxygens (including phenoxy) is 3. The number of para-hydroxylation sites is 1. The summed E-state index contributed by atoms with van der Waals surface area (Å²) >= 11 is 1.63. The molecular weight excluding hydrogens is 378 g/mol. The van der Waals surface area contributed by atoms with E-state index in [-0.39, 0.29) is 18.8 Å². The molecule has 3 rings (SSSR count). The van der Waals surface area contributed by atoms with Crippen molar-refractivity contribution in [2.75, 3.05) is 20.8 Å². The van der Waals surface area contributed by atoms with Gasteiger partial charge in [0.05, 0.1) is 35.0 Å². The lowest BCUT2D eigenvalue weighted by Gasteiger charge is -2.10. The highest BCUT2D eigenvalue weighted by Crippen LogP contribution is 2.25. The van der Waals surface area contributed by atoms with Gasteiger partial charge in [-0.05, 0) is 37.1 Å². The van der Waals surface area contributed by atoms with Crippen molar-refractivity contribution in [2.24, 2.45) is 0 Å². The van der Waals surface area contributed by atoms with E-state index in [4.69, 9.17) is 14.2 Å². The Morgan fingerprint density at radius 3 is 2.64 bits per heavy atom. The van der Waals surface area contributed by atoms with Crippen LogP contribution in [0.4, 0.5) is 0 Å². The summed E-state index contributed by atoms with van der Waals surface area (Å²) in [6.45, 7) is -0.317. The molecule has 0 saturated heterocycles. The minimum absolute atomic E-state index is 0.239. The molecule has 0 radical (unpaired) electrons. The largest absolute Gasteiger partial charge is 0.497 e. The fraction of sp³-hybridized carbons (Fsp3) is 0.286. The number of ketones is 1. The second kappa shape index (κ2) is 9.32. The van der Waals surface area contributed by atoms with Crippen LogP contribution in [0.1, 0.15) is 28.2 Å². The van der Waals surface area contributed by atoms with Gasteiger partial charge in [-0.15, -0.1) is 11.3 Å². The first-order valence-corrected chi connectivity index (χ1v) is 9.67. The molecule has 0 aliphatic carbocycles. The van der Waals surface area contributed by atoms with E-state index in [1.807, 2.05) is 24.3 Å². The van der Waals surface area contributed by atoms with Gasteiger partial charge in [-0.3, -0.25) is 9.59 Å². The van der Waals surface area contributed by atoms with Gasteiger partial charge in [0.15, 0.2) is 6.61 Å². The summed E-state index contributed by atoms with van der Waals surface area (Å²) in [5.41, 5.74) is 1.33. The molecule has 0 aliphatic heterocycles. The maximum absolute atomic E-state index is 12.3. The number of Topliss-reactive ketones (excluding diaryl/α,β-unsaturated/α-hetero) is 1. The van der Waals surface area contributed by atoms with Crippen molar-refractivity contribution in [1.29, 1.82) is 0 Å². The molecule has 0 amide bonds. The predicted octanol–water partition coefficient (Wildman–Crippen LogP) is 4.06. The van der Waals surface area contributed by atoms with Crippen LogP contribution in [0.5, 0.6) is 11.5 Å². The van der Waals surface area contributed by atoms with Gasteiger partial charge in [-0.1, -0.05) is 12.1 Å². The van der Waals surface area contributed by atoms with Crippen molar-refractivity contribution in [3.63, 3.8) is 0 Å². The summed E-state index contributed by atoms with van der Waals surface area (Å²) in [6.07, 6.45) is 1.57. The highest BCUT2D eigenvalue weighted by molar-refractivity contribution is 7.18. The number of carbonyl (C=O) groups is 2. The SMILES string of the molecule is COc1ccc(C(=O)COC(=O)CCCc2nc3ccccc3s2)c(OC)c1. The number of hydrogen-bond donors (Lipinski definition) is 0. The molecule has 6 nitrogen and oxygen atoms in total. The molecule has 3 aromatic rings. The highest BCUT2D eigenvalue weighted by atomic mass is 32.1. The molecule has 0 aliphatic rings. The molecular formula is C21H21NO5S. The second-order valence-corrected chi connectivity index (χ2v) is 7.19. The first-order chi connectivity index (χ1) is 13.6. The Balaban J connectivity index is 1.46. The van der Waals surface area contributed by atoms with E-state index in [1.165, 1.54) is 14.2 Å². The Kier molecular flexibility index (Phi) is 6.60. The average Bonchev–Trinajstić information content (AvgIpc) is 3.14. The first-order valence-electron chi connectivity index (χ1n) is 8.86. The molecule has 0 N–H and O–H groups in total. The lowest BCUT2D eigenvalue weighted by atomic mass is 10.1. The minimum atomic E-state index is -0.401. The van der Waals surface area contributed by atoms with Crippen molar-refractivity contribution in [3.05, 3.63) is 53.0 Å². The molecule has 146 valence electrons. The quantitative estimate of drug-likeness (QED) is 0.399. The number of carbonyl (C=O) groups excluding carboxylic acids is 2. The maximum atomic E-state index is 12.3. The third-order valence-electron chi connectivity index (χ3n) is 4.18.